The molecule has 0 saturated heterocycles. The van der Waals surface area contributed by atoms with Crippen LogP contribution in [-0.4, -0.2) is 34.5 Å². The van der Waals surface area contributed by atoms with Crippen molar-refractivity contribution in [3.05, 3.63) is 35.1 Å². The average molecular weight is 253 g/mol. The molecule has 0 saturated carbocycles. The number of aryl methyl sites for hydroxylation is 1. The highest BCUT2D eigenvalue weighted by Gasteiger charge is 2.35. The number of carbonyl (C=O) groups excluding carboxylic acids is 1. The second-order valence-electron chi connectivity index (χ2n) is 4.69. The van der Waals surface area contributed by atoms with Gasteiger partial charge in [0.15, 0.2) is 0 Å². The monoisotopic (exact) mass is 253 g/mol. The molecule has 0 heterocycles. The lowest BCUT2D eigenvalue weighted by Crippen LogP contribution is -2.50. The van der Waals surface area contributed by atoms with Gasteiger partial charge in [-0.25, -0.2) is 9.18 Å². The first-order chi connectivity index (χ1) is 8.17. The number of hydrogen-bond donors (Lipinski definition) is 1. The van der Waals surface area contributed by atoms with Gasteiger partial charge in [-0.15, -0.1) is 0 Å². The standard InChI is InChI=1S/C13H16FNO3/c1-8-7-9(5-6-10(8)14)11(16)15(4)13(2,3)12(17)18/h5-7H,1-4H3,(H,17,18). The van der Waals surface area contributed by atoms with Gasteiger partial charge in [-0.05, 0) is 44.5 Å². The van der Waals surface area contributed by atoms with E-state index in [0.717, 1.165) is 4.90 Å². The third-order valence-corrected chi connectivity index (χ3v) is 3.07. The molecule has 1 amide bonds. The van der Waals surface area contributed by atoms with Crippen molar-refractivity contribution in [1.29, 1.82) is 0 Å². The minimum Gasteiger partial charge on any atom is -0.480 e. The maximum absolute atomic E-state index is 13.1. The number of carbonyl (C=O) groups is 2. The van der Waals surface area contributed by atoms with Crippen LogP contribution >= 0.6 is 0 Å². The number of halogens is 1. The second kappa shape index (κ2) is 4.76. The Morgan fingerprint density at radius 2 is 1.89 bits per heavy atom. The van der Waals surface area contributed by atoms with Crippen molar-refractivity contribution in [2.75, 3.05) is 7.05 Å². The maximum atomic E-state index is 13.1. The summed E-state index contributed by atoms with van der Waals surface area (Å²) in [5.74, 6) is -1.95. The van der Waals surface area contributed by atoms with E-state index < -0.39 is 23.2 Å². The molecule has 0 spiro atoms. The fraction of sp³-hybridized carbons (Fsp3) is 0.385. The summed E-state index contributed by atoms with van der Waals surface area (Å²) >= 11 is 0. The van der Waals surface area contributed by atoms with Gasteiger partial charge in [0.25, 0.3) is 5.91 Å². The molecule has 0 aliphatic heterocycles. The van der Waals surface area contributed by atoms with Gasteiger partial charge < -0.3 is 10.0 Å². The first-order valence-electron chi connectivity index (χ1n) is 5.45. The zero-order valence-electron chi connectivity index (χ0n) is 10.8. The van der Waals surface area contributed by atoms with Crippen LogP contribution in [0.5, 0.6) is 0 Å². The number of aliphatic carboxylic acids is 1. The van der Waals surface area contributed by atoms with Gasteiger partial charge >= 0.3 is 5.97 Å². The molecule has 5 heteroatoms. The van der Waals surface area contributed by atoms with E-state index in [9.17, 15) is 14.0 Å². The fourth-order valence-corrected chi connectivity index (χ4v) is 1.37. The van der Waals surface area contributed by atoms with Gasteiger partial charge in [-0.2, -0.15) is 0 Å². The predicted octanol–water partition coefficient (Wildman–Crippen LogP) is 2.07. The predicted molar refractivity (Wildman–Crippen MR) is 64.9 cm³/mol. The quantitative estimate of drug-likeness (QED) is 0.897. The van der Waals surface area contributed by atoms with Crippen molar-refractivity contribution in [2.24, 2.45) is 0 Å². The molecule has 0 unspecified atom stereocenters. The van der Waals surface area contributed by atoms with Gasteiger partial charge in [-0.3, -0.25) is 4.79 Å². The Morgan fingerprint density at radius 1 is 1.33 bits per heavy atom. The summed E-state index contributed by atoms with van der Waals surface area (Å²) in [5, 5.41) is 9.05. The Hall–Kier alpha value is -1.91. The highest BCUT2D eigenvalue weighted by Crippen LogP contribution is 2.18. The van der Waals surface area contributed by atoms with Crippen molar-refractivity contribution in [2.45, 2.75) is 26.3 Å². The second-order valence-corrected chi connectivity index (χ2v) is 4.69. The Balaban J connectivity index is 3.07. The summed E-state index contributed by atoms with van der Waals surface area (Å²) in [5.41, 5.74) is -0.701. The third kappa shape index (κ3) is 2.50. The molecule has 1 rings (SSSR count). The minimum atomic E-state index is -1.32. The van der Waals surface area contributed by atoms with E-state index in [1.807, 2.05) is 0 Å². The van der Waals surface area contributed by atoms with E-state index >= 15 is 0 Å². The first-order valence-corrected chi connectivity index (χ1v) is 5.45. The van der Waals surface area contributed by atoms with Gasteiger partial charge in [0.05, 0.1) is 0 Å². The van der Waals surface area contributed by atoms with Gasteiger partial charge in [-0.1, -0.05) is 0 Å². The Bertz CT molecular complexity index is 497. The van der Waals surface area contributed by atoms with Crippen molar-refractivity contribution >= 4 is 11.9 Å². The zero-order chi connectivity index (χ0) is 14.1. The molecule has 18 heavy (non-hydrogen) atoms. The summed E-state index contributed by atoms with van der Waals surface area (Å²) in [4.78, 5) is 24.3. The van der Waals surface area contributed by atoms with E-state index in [4.69, 9.17) is 5.11 Å². The normalized spacial score (nSPS) is 11.2. The number of carboxylic acid groups (broad SMARTS) is 1. The summed E-state index contributed by atoms with van der Waals surface area (Å²) in [6, 6.07) is 3.95. The van der Waals surface area contributed by atoms with Crippen LogP contribution in [0.1, 0.15) is 29.8 Å². The van der Waals surface area contributed by atoms with Gasteiger partial charge in [0.1, 0.15) is 11.4 Å². The van der Waals surface area contributed by atoms with E-state index in [2.05, 4.69) is 0 Å². The molecule has 4 nitrogen and oxygen atoms in total. The lowest BCUT2D eigenvalue weighted by atomic mass is 10.0. The topological polar surface area (TPSA) is 57.6 Å². The van der Waals surface area contributed by atoms with Gasteiger partial charge in [0.2, 0.25) is 0 Å². The fourth-order valence-electron chi connectivity index (χ4n) is 1.37. The molecule has 0 aliphatic rings. The highest BCUT2D eigenvalue weighted by atomic mass is 19.1. The molecule has 1 aromatic rings. The largest absolute Gasteiger partial charge is 0.480 e. The molecule has 0 fully saturated rings. The molecule has 98 valence electrons. The molecule has 0 aromatic heterocycles. The Morgan fingerprint density at radius 3 is 2.33 bits per heavy atom. The van der Waals surface area contributed by atoms with E-state index in [0.29, 0.717) is 5.56 Å². The molecular formula is C13H16FNO3. The van der Waals surface area contributed by atoms with Crippen LogP contribution in [-0.2, 0) is 4.79 Å². The Labute approximate surface area is 105 Å². The van der Waals surface area contributed by atoms with Crippen molar-refractivity contribution in [1.82, 2.24) is 4.90 Å². The lowest BCUT2D eigenvalue weighted by molar-refractivity contribution is -0.147. The zero-order valence-corrected chi connectivity index (χ0v) is 10.8. The molecular weight excluding hydrogens is 237 g/mol. The van der Waals surface area contributed by atoms with Crippen LogP contribution < -0.4 is 0 Å². The number of rotatable bonds is 3. The SMILES string of the molecule is Cc1cc(C(=O)N(C)C(C)(C)C(=O)O)ccc1F. The number of hydrogen-bond acceptors (Lipinski definition) is 2. The molecule has 1 N–H and O–H groups in total. The molecule has 0 bridgehead atoms. The number of benzene rings is 1. The summed E-state index contributed by atoms with van der Waals surface area (Å²) < 4.78 is 13.1. The molecule has 1 aromatic carbocycles. The minimum absolute atomic E-state index is 0.269. The van der Waals surface area contributed by atoms with Crippen LogP contribution in [0.15, 0.2) is 18.2 Å². The van der Waals surface area contributed by atoms with Crippen molar-refractivity contribution in [3.8, 4) is 0 Å². The van der Waals surface area contributed by atoms with Crippen LogP contribution in [0.4, 0.5) is 4.39 Å². The van der Waals surface area contributed by atoms with Crippen LogP contribution in [0.3, 0.4) is 0 Å². The smallest absolute Gasteiger partial charge is 0.329 e. The van der Waals surface area contributed by atoms with E-state index in [1.165, 1.54) is 39.1 Å². The molecule has 0 aliphatic carbocycles. The summed E-state index contributed by atoms with van der Waals surface area (Å²) in [7, 11) is 1.41. The number of likely N-dealkylation sites (N-methyl/N-ethyl adjacent to an activating group) is 1. The van der Waals surface area contributed by atoms with E-state index in [1.54, 1.807) is 6.92 Å². The number of nitrogens with zero attached hydrogens (tertiary/aromatic N) is 1. The van der Waals surface area contributed by atoms with Gasteiger partial charge in [0, 0.05) is 12.6 Å². The average Bonchev–Trinajstić information content (AvgIpc) is 2.30. The van der Waals surface area contributed by atoms with Crippen molar-refractivity contribution in [3.63, 3.8) is 0 Å². The highest BCUT2D eigenvalue weighted by molar-refractivity contribution is 5.97. The lowest BCUT2D eigenvalue weighted by Gasteiger charge is -2.31. The van der Waals surface area contributed by atoms with Crippen LogP contribution in [0, 0.1) is 12.7 Å². The third-order valence-electron chi connectivity index (χ3n) is 3.07. The molecule has 0 radical (unpaired) electrons. The number of carboxylic acids is 1. The first kappa shape index (κ1) is 14.2. The van der Waals surface area contributed by atoms with Crippen LogP contribution in [0.2, 0.25) is 0 Å². The summed E-state index contributed by atoms with van der Waals surface area (Å²) in [6.45, 7) is 4.42. The van der Waals surface area contributed by atoms with E-state index in [-0.39, 0.29) is 5.56 Å². The van der Waals surface area contributed by atoms with Crippen molar-refractivity contribution < 1.29 is 19.1 Å². The maximum Gasteiger partial charge on any atom is 0.329 e. The summed E-state index contributed by atoms with van der Waals surface area (Å²) in [6.07, 6.45) is 0. The Kier molecular flexibility index (Phi) is 3.74. The number of amides is 1. The molecule has 0 atom stereocenters. The van der Waals surface area contributed by atoms with Crippen LogP contribution in [0.25, 0.3) is 0 Å².